The third kappa shape index (κ3) is 3.09. The van der Waals surface area contributed by atoms with Crippen LogP contribution in [0.1, 0.15) is 48.5 Å². The number of rotatable bonds is 5. The topological polar surface area (TPSA) is 198 Å². The first-order chi connectivity index (χ1) is 14.2. The van der Waals surface area contributed by atoms with Crippen molar-refractivity contribution in [1.82, 2.24) is 5.32 Å². The molecule has 0 bridgehead atoms. The molecule has 0 aromatic carbocycles. The molecule has 2 aliphatic heterocycles. The van der Waals surface area contributed by atoms with Gasteiger partial charge in [0.15, 0.2) is 18.2 Å². The second kappa shape index (κ2) is 7.54. The predicted octanol–water partition coefficient (Wildman–Crippen LogP) is -2.35. The van der Waals surface area contributed by atoms with Crippen LogP contribution in [0, 0.1) is 0 Å². The number of aliphatic hydroxyl groups is 6. The van der Waals surface area contributed by atoms with E-state index in [9.17, 15) is 40.5 Å². The summed E-state index contributed by atoms with van der Waals surface area (Å²) in [6.45, 7) is 7.66. The average molecular weight is 468 g/mol. The van der Waals surface area contributed by atoms with Crippen LogP contribution < -0.4 is 5.32 Å². The number of aliphatic hydroxyl groups excluding tert-OH is 3. The van der Waals surface area contributed by atoms with Crippen LogP contribution in [0.3, 0.4) is 0 Å². The Labute approximate surface area is 186 Å². The highest BCUT2D eigenvalue weighted by Crippen LogP contribution is 2.53. The Balaban J connectivity index is 2.74. The van der Waals surface area contributed by atoms with E-state index in [1.807, 2.05) is 0 Å². The molecule has 0 spiro atoms. The number of carbonyl (C=O) groups is 1. The average Bonchev–Trinajstić information content (AvgIpc) is 2.68. The number of carboxylic acid groups (broad SMARTS) is 1. The summed E-state index contributed by atoms with van der Waals surface area (Å²) in [5.74, 6) is -1.62. The minimum absolute atomic E-state index is 0.736. The molecule has 0 saturated carbocycles. The van der Waals surface area contributed by atoms with Gasteiger partial charge in [0, 0.05) is 0 Å². The van der Waals surface area contributed by atoms with E-state index in [2.05, 4.69) is 5.32 Å². The van der Waals surface area contributed by atoms with Crippen LogP contribution in [0.2, 0.25) is 0 Å². The molecule has 0 aromatic heterocycles. The number of nitrogens with one attached hydrogen (secondary N) is 1. The lowest BCUT2D eigenvalue weighted by Crippen LogP contribution is -2.86. The van der Waals surface area contributed by atoms with Crippen LogP contribution in [0.25, 0.3) is 0 Å². The summed E-state index contributed by atoms with van der Waals surface area (Å²) in [5.41, 5.74) is -15.0. The van der Waals surface area contributed by atoms with Gasteiger partial charge in [-0.2, -0.15) is 0 Å². The van der Waals surface area contributed by atoms with Gasteiger partial charge in [-0.3, -0.25) is 0 Å². The van der Waals surface area contributed by atoms with Crippen LogP contribution in [-0.2, 0) is 19.0 Å². The fourth-order valence-corrected chi connectivity index (χ4v) is 4.51. The van der Waals surface area contributed by atoms with Gasteiger partial charge in [-0.1, -0.05) is 0 Å². The van der Waals surface area contributed by atoms with E-state index in [0.29, 0.717) is 0 Å². The monoisotopic (exact) mass is 467 g/mol. The molecule has 2 rings (SSSR count). The smallest absolute Gasteiger partial charge is 0.338 e. The van der Waals surface area contributed by atoms with E-state index in [-0.39, 0.29) is 0 Å². The molecule has 32 heavy (non-hydrogen) atoms. The van der Waals surface area contributed by atoms with Crippen molar-refractivity contribution in [3.63, 3.8) is 0 Å². The molecule has 0 aliphatic carbocycles. The number of hydrogen-bond acceptors (Lipinski definition) is 11. The normalized spacial score (nSPS) is 56.8. The quantitative estimate of drug-likeness (QED) is 0.215. The minimum atomic E-state index is -2.46. The van der Waals surface area contributed by atoms with E-state index in [0.717, 1.165) is 27.7 Å². The molecule has 188 valence electrons. The first-order valence-electron chi connectivity index (χ1n) is 10.3. The van der Waals surface area contributed by atoms with E-state index < -0.39 is 70.4 Å². The Morgan fingerprint density at radius 3 is 1.88 bits per heavy atom. The second-order valence-corrected chi connectivity index (χ2v) is 10.1. The van der Waals surface area contributed by atoms with Crippen LogP contribution in [0.5, 0.6) is 0 Å². The predicted molar refractivity (Wildman–Crippen MR) is 108 cm³/mol. The van der Waals surface area contributed by atoms with Gasteiger partial charge in [-0.25, -0.2) is 4.79 Å². The van der Waals surface area contributed by atoms with Crippen molar-refractivity contribution in [3.8, 4) is 0 Å². The van der Waals surface area contributed by atoms with Gasteiger partial charge in [0.25, 0.3) is 0 Å². The fourth-order valence-electron chi connectivity index (χ4n) is 4.51. The van der Waals surface area contributed by atoms with E-state index >= 15 is 0 Å². The standard InChI is InChI=1S/C20H37NO11/c1-14(9-22)10(23)16(3,27)15(2,21-8)13(31-14)32-20(7)18(5,11(24)25)30-12(26)17(4,28)19(20,6)29/h10,12-13,21-23,26-29H,9H2,1-8H3,(H,24,25). The minimum Gasteiger partial charge on any atom is -0.479 e. The number of likely N-dealkylation sites (N-methyl/N-ethyl adjacent to an activating group) is 1. The van der Waals surface area contributed by atoms with Crippen molar-refractivity contribution in [3.05, 3.63) is 0 Å². The van der Waals surface area contributed by atoms with Gasteiger partial charge in [-0.05, 0) is 55.5 Å². The van der Waals surface area contributed by atoms with Gasteiger partial charge in [0.2, 0.25) is 0 Å². The van der Waals surface area contributed by atoms with Crippen molar-refractivity contribution in [2.75, 3.05) is 13.7 Å². The molecular formula is C20H37NO11. The molecule has 2 fully saturated rings. The highest BCUT2D eigenvalue weighted by molar-refractivity contribution is 5.79. The Bertz CT molecular complexity index is 758. The van der Waals surface area contributed by atoms with E-state index in [4.69, 9.17) is 14.2 Å². The van der Waals surface area contributed by atoms with Gasteiger partial charge in [0.05, 0.1) is 12.1 Å². The maximum Gasteiger partial charge on any atom is 0.338 e. The first kappa shape index (κ1) is 27.3. The third-order valence-corrected chi connectivity index (χ3v) is 8.25. The Morgan fingerprint density at radius 2 is 1.47 bits per heavy atom. The molecule has 10 unspecified atom stereocenters. The zero-order valence-corrected chi connectivity index (χ0v) is 19.7. The van der Waals surface area contributed by atoms with Gasteiger partial charge < -0.3 is 55.3 Å². The van der Waals surface area contributed by atoms with Crippen LogP contribution in [0.4, 0.5) is 0 Å². The first-order valence-corrected chi connectivity index (χ1v) is 10.3. The molecule has 2 heterocycles. The highest BCUT2D eigenvalue weighted by Gasteiger charge is 2.76. The van der Waals surface area contributed by atoms with Crippen molar-refractivity contribution < 1.29 is 54.8 Å². The molecule has 10 atom stereocenters. The molecule has 8 N–H and O–H groups in total. The van der Waals surface area contributed by atoms with Crippen LogP contribution in [-0.4, -0.2) is 113 Å². The SMILES string of the molecule is CNC1(C)C(OC2(C)C(C)(C(=O)O)OC(O)C(C)(O)C2(C)O)OC(C)(CO)C(O)C1(C)O. The maximum absolute atomic E-state index is 12.3. The molecule has 12 heteroatoms. The lowest BCUT2D eigenvalue weighted by molar-refractivity contribution is -0.446. The third-order valence-electron chi connectivity index (χ3n) is 8.25. The van der Waals surface area contributed by atoms with Crippen molar-refractivity contribution in [2.45, 2.75) is 106 Å². The molecule has 0 radical (unpaired) electrons. The van der Waals surface area contributed by atoms with Crippen LogP contribution >= 0.6 is 0 Å². The Morgan fingerprint density at radius 1 is 0.969 bits per heavy atom. The number of aliphatic carboxylic acids is 1. The number of carboxylic acids is 1. The Kier molecular flexibility index (Phi) is 6.43. The van der Waals surface area contributed by atoms with Crippen LogP contribution in [0.15, 0.2) is 0 Å². The van der Waals surface area contributed by atoms with Crippen molar-refractivity contribution >= 4 is 5.97 Å². The summed E-state index contributed by atoms with van der Waals surface area (Å²) in [4.78, 5) is 12.3. The zero-order chi connectivity index (χ0) is 25.3. The zero-order valence-electron chi connectivity index (χ0n) is 19.7. The van der Waals surface area contributed by atoms with Gasteiger partial charge in [0.1, 0.15) is 34.1 Å². The van der Waals surface area contributed by atoms with Gasteiger partial charge >= 0.3 is 5.97 Å². The van der Waals surface area contributed by atoms with Crippen molar-refractivity contribution in [2.24, 2.45) is 0 Å². The molecule has 2 saturated heterocycles. The van der Waals surface area contributed by atoms with Crippen molar-refractivity contribution in [1.29, 1.82) is 0 Å². The summed E-state index contributed by atoms with van der Waals surface area (Å²) in [6.07, 6.45) is -5.30. The molecule has 12 nitrogen and oxygen atoms in total. The van der Waals surface area contributed by atoms with Gasteiger partial charge in [-0.15, -0.1) is 0 Å². The van der Waals surface area contributed by atoms with E-state index in [1.165, 1.54) is 27.8 Å². The molecule has 0 aromatic rings. The molecule has 2 aliphatic rings. The molecule has 0 amide bonds. The summed E-state index contributed by atoms with van der Waals surface area (Å²) in [7, 11) is 1.44. The molecular weight excluding hydrogens is 430 g/mol. The summed E-state index contributed by atoms with van der Waals surface area (Å²) < 4.78 is 17.2. The summed E-state index contributed by atoms with van der Waals surface area (Å²) in [5, 5.41) is 77.2. The number of ether oxygens (including phenoxy) is 3. The Hall–Kier alpha value is -0.930. The second-order valence-electron chi connectivity index (χ2n) is 10.1. The maximum atomic E-state index is 12.3. The fraction of sp³-hybridized carbons (Fsp3) is 0.950. The van der Waals surface area contributed by atoms with E-state index in [1.54, 1.807) is 0 Å². The summed E-state index contributed by atoms with van der Waals surface area (Å²) >= 11 is 0. The summed E-state index contributed by atoms with van der Waals surface area (Å²) in [6, 6.07) is 0. The largest absolute Gasteiger partial charge is 0.479 e. The number of hydrogen-bond donors (Lipinski definition) is 8. The highest BCUT2D eigenvalue weighted by atomic mass is 16.7. The lowest BCUT2D eigenvalue weighted by Gasteiger charge is -2.64. The lowest BCUT2D eigenvalue weighted by atomic mass is 9.62.